The van der Waals surface area contributed by atoms with Crippen LogP contribution in [0.25, 0.3) is 6.08 Å². The minimum absolute atomic E-state index is 0.196. The van der Waals surface area contributed by atoms with Crippen LogP contribution < -0.4 is 10.1 Å². The topological polar surface area (TPSA) is 102 Å². The second kappa shape index (κ2) is 11.5. The number of rotatable bonds is 8. The lowest BCUT2D eigenvalue weighted by Gasteiger charge is -2.13. The Bertz CT molecular complexity index is 1140. The summed E-state index contributed by atoms with van der Waals surface area (Å²) in [7, 11) is 0. The molecule has 1 heterocycles. The molecular weight excluding hydrogens is 583 g/mol. The van der Waals surface area contributed by atoms with Crippen molar-refractivity contribution < 1.29 is 28.7 Å². The Morgan fingerprint density at radius 2 is 1.97 bits per heavy atom. The van der Waals surface area contributed by atoms with Gasteiger partial charge in [-0.25, -0.2) is 4.79 Å². The van der Waals surface area contributed by atoms with Gasteiger partial charge in [-0.1, -0.05) is 29.8 Å². The maximum absolute atomic E-state index is 12.7. The lowest BCUT2D eigenvalue weighted by atomic mass is 10.2. The van der Waals surface area contributed by atoms with Crippen molar-refractivity contribution in [3.8, 4) is 5.75 Å². The first-order chi connectivity index (χ1) is 15.8. The number of nitrogens with one attached hydrogen (secondary N) is 1. The Labute approximate surface area is 212 Å². The average Bonchev–Trinajstić information content (AvgIpc) is 3.02. The van der Waals surface area contributed by atoms with Crippen molar-refractivity contribution in [2.45, 2.75) is 6.92 Å². The van der Waals surface area contributed by atoms with Crippen LogP contribution in [0.1, 0.15) is 12.5 Å². The molecule has 3 amide bonds. The highest BCUT2D eigenvalue weighted by Crippen LogP contribution is 2.33. The van der Waals surface area contributed by atoms with E-state index < -0.39 is 29.6 Å². The van der Waals surface area contributed by atoms with E-state index in [1.54, 1.807) is 55.5 Å². The molecule has 8 nitrogen and oxygen atoms in total. The summed E-state index contributed by atoms with van der Waals surface area (Å²) in [5.74, 6) is -1.07. The van der Waals surface area contributed by atoms with Crippen LogP contribution in [0.15, 0.2) is 47.4 Å². The van der Waals surface area contributed by atoms with Gasteiger partial charge < -0.3 is 14.8 Å². The molecule has 0 aliphatic carbocycles. The van der Waals surface area contributed by atoms with Crippen LogP contribution in [0, 0.1) is 3.57 Å². The molecule has 11 heteroatoms. The van der Waals surface area contributed by atoms with Crippen LogP contribution in [-0.4, -0.2) is 47.7 Å². The van der Waals surface area contributed by atoms with E-state index in [0.29, 0.717) is 25.6 Å². The van der Waals surface area contributed by atoms with Gasteiger partial charge in [0, 0.05) is 0 Å². The molecule has 2 aromatic carbocycles. The third kappa shape index (κ3) is 6.71. The molecule has 0 unspecified atom stereocenters. The number of carbonyl (C=O) groups excluding carboxylic acids is 4. The minimum Gasteiger partial charge on any atom is -0.481 e. The Balaban J connectivity index is 1.65. The fraction of sp³-hybridized carbons (Fsp3) is 0.182. The van der Waals surface area contributed by atoms with E-state index in [4.69, 9.17) is 21.1 Å². The van der Waals surface area contributed by atoms with Gasteiger partial charge in [-0.3, -0.25) is 19.3 Å². The van der Waals surface area contributed by atoms with Gasteiger partial charge in [0.1, 0.15) is 12.3 Å². The molecule has 1 saturated heterocycles. The first-order valence-electron chi connectivity index (χ1n) is 9.66. The lowest BCUT2D eigenvalue weighted by Crippen LogP contribution is -2.36. The summed E-state index contributed by atoms with van der Waals surface area (Å²) in [5.41, 5.74) is 1.06. The largest absolute Gasteiger partial charge is 0.481 e. The Hall–Kier alpha value is -2.57. The molecule has 1 aliphatic heterocycles. The van der Waals surface area contributed by atoms with Crippen molar-refractivity contribution >= 4 is 80.7 Å². The molecular formula is C22H18ClIN2O6S. The van der Waals surface area contributed by atoms with Gasteiger partial charge in [0.05, 0.1) is 25.8 Å². The monoisotopic (exact) mass is 600 g/mol. The van der Waals surface area contributed by atoms with Gasteiger partial charge in [-0.05, 0) is 77.2 Å². The Kier molecular flexibility index (Phi) is 8.75. The Morgan fingerprint density at radius 1 is 1.21 bits per heavy atom. The zero-order valence-corrected chi connectivity index (χ0v) is 21.0. The molecule has 0 atom stereocenters. The molecule has 1 N–H and O–H groups in total. The van der Waals surface area contributed by atoms with E-state index >= 15 is 0 Å². The fourth-order valence-electron chi connectivity index (χ4n) is 2.75. The Morgan fingerprint density at radius 3 is 2.67 bits per heavy atom. The maximum atomic E-state index is 12.7. The molecule has 33 heavy (non-hydrogen) atoms. The normalized spacial score (nSPS) is 14.5. The lowest BCUT2D eigenvalue weighted by molar-refractivity contribution is -0.145. The van der Waals surface area contributed by atoms with Crippen molar-refractivity contribution in [3.63, 3.8) is 0 Å². The number of amides is 3. The summed E-state index contributed by atoms with van der Waals surface area (Å²) in [6, 6.07) is 11.8. The summed E-state index contributed by atoms with van der Waals surface area (Å²) in [4.78, 5) is 49.9. The summed E-state index contributed by atoms with van der Waals surface area (Å²) in [6.07, 6.45) is 1.56. The first kappa shape index (κ1) is 25.1. The molecule has 1 fully saturated rings. The van der Waals surface area contributed by atoms with Crippen LogP contribution >= 0.6 is 46.0 Å². The molecule has 0 aromatic heterocycles. The van der Waals surface area contributed by atoms with Gasteiger partial charge in [0.15, 0.2) is 6.61 Å². The van der Waals surface area contributed by atoms with Crippen LogP contribution in [0.4, 0.5) is 10.5 Å². The number of imide groups is 1. The minimum atomic E-state index is -0.558. The zero-order chi connectivity index (χ0) is 24.0. The van der Waals surface area contributed by atoms with E-state index in [1.165, 1.54) is 0 Å². The predicted octanol–water partition coefficient (Wildman–Crippen LogP) is 4.56. The second-order valence-electron chi connectivity index (χ2n) is 6.58. The number of halogens is 2. The van der Waals surface area contributed by atoms with E-state index in [2.05, 4.69) is 5.32 Å². The summed E-state index contributed by atoms with van der Waals surface area (Å²) < 4.78 is 11.0. The number of esters is 1. The van der Waals surface area contributed by atoms with Crippen molar-refractivity contribution in [2.24, 2.45) is 0 Å². The average molecular weight is 601 g/mol. The molecule has 172 valence electrons. The second-order valence-corrected chi connectivity index (χ2v) is 9.14. The molecule has 2 aromatic rings. The van der Waals surface area contributed by atoms with E-state index in [9.17, 15) is 19.2 Å². The standard InChI is InChI=1S/C22H18ClIN2O6S/c1-2-31-20(28)12-32-17-8-7-13(9-15(17)24)10-18-21(29)26(22(30)33-18)11-19(27)25-16-6-4-3-5-14(16)23/h3-10H,2,11-12H2,1H3,(H,25,27)/b18-10+. The maximum Gasteiger partial charge on any atom is 0.344 e. The van der Waals surface area contributed by atoms with E-state index in [-0.39, 0.29) is 18.1 Å². The number of hydrogen-bond acceptors (Lipinski definition) is 7. The highest BCUT2D eigenvalue weighted by atomic mass is 127. The molecule has 0 bridgehead atoms. The van der Waals surface area contributed by atoms with Crippen LogP contribution in [-0.2, 0) is 19.1 Å². The van der Waals surface area contributed by atoms with Crippen LogP contribution in [0.5, 0.6) is 5.75 Å². The number of benzene rings is 2. The number of anilines is 1. The van der Waals surface area contributed by atoms with Crippen molar-refractivity contribution in [1.82, 2.24) is 4.90 Å². The third-order valence-corrected chi connectivity index (χ3v) is 6.31. The number of carbonyl (C=O) groups is 4. The summed E-state index contributed by atoms with van der Waals surface area (Å²) >= 11 is 8.82. The highest BCUT2D eigenvalue weighted by molar-refractivity contribution is 14.1. The van der Waals surface area contributed by atoms with Crippen molar-refractivity contribution in [2.75, 3.05) is 25.1 Å². The smallest absolute Gasteiger partial charge is 0.344 e. The number of hydrogen-bond donors (Lipinski definition) is 1. The van der Waals surface area contributed by atoms with E-state index in [0.717, 1.165) is 16.7 Å². The number of nitrogens with zero attached hydrogens (tertiary/aromatic N) is 1. The third-order valence-electron chi connectivity index (χ3n) is 4.23. The van der Waals surface area contributed by atoms with Gasteiger partial charge in [0.25, 0.3) is 11.1 Å². The molecule has 0 spiro atoms. The highest BCUT2D eigenvalue weighted by Gasteiger charge is 2.36. The zero-order valence-electron chi connectivity index (χ0n) is 17.3. The predicted molar refractivity (Wildman–Crippen MR) is 134 cm³/mol. The van der Waals surface area contributed by atoms with Gasteiger partial charge in [-0.2, -0.15) is 0 Å². The SMILES string of the molecule is CCOC(=O)COc1ccc(/C=C2/SC(=O)N(CC(=O)Nc3ccccc3Cl)C2=O)cc1I. The van der Waals surface area contributed by atoms with Crippen LogP contribution in [0.2, 0.25) is 5.02 Å². The molecule has 3 rings (SSSR count). The van der Waals surface area contributed by atoms with Crippen molar-refractivity contribution in [3.05, 3.63) is 61.5 Å². The van der Waals surface area contributed by atoms with Gasteiger partial charge >= 0.3 is 5.97 Å². The first-order valence-corrected chi connectivity index (χ1v) is 11.9. The number of ether oxygens (including phenoxy) is 2. The molecule has 0 saturated carbocycles. The van der Waals surface area contributed by atoms with Crippen LogP contribution in [0.3, 0.4) is 0 Å². The summed E-state index contributed by atoms with van der Waals surface area (Å²) in [6.45, 7) is 1.35. The summed E-state index contributed by atoms with van der Waals surface area (Å²) in [5, 5.41) is 2.40. The molecule has 1 aliphatic rings. The number of thioether (sulfide) groups is 1. The molecule has 0 radical (unpaired) electrons. The van der Waals surface area contributed by atoms with Crippen molar-refractivity contribution in [1.29, 1.82) is 0 Å². The fourth-order valence-corrected chi connectivity index (χ4v) is 4.46. The van der Waals surface area contributed by atoms with Gasteiger partial charge in [-0.15, -0.1) is 0 Å². The number of para-hydroxylation sites is 1. The quantitative estimate of drug-likeness (QED) is 0.269. The van der Waals surface area contributed by atoms with E-state index in [1.807, 2.05) is 22.6 Å². The van der Waals surface area contributed by atoms with Gasteiger partial charge in [0.2, 0.25) is 5.91 Å².